The fourth-order valence-electron chi connectivity index (χ4n) is 4.09. The monoisotopic (exact) mass is 341 g/mol. The third kappa shape index (κ3) is 4.79. The van der Waals surface area contributed by atoms with Crippen molar-refractivity contribution in [3.63, 3.8) is 0 Å². The second-order valence-corrected chi connectivity index (χ2v) is 8.25. The van der Waals surface area contributed by atoms with Crippen molar-refractivity contribution in [1.29, 1.82) is 0 Å². The minimum atomic E-state index is 0.308. The average molecular weight is 342 g/mol. The van der Waals surface area contributed by atoms with E-state index in [4.69, 9.17) is 4.74 Å². The summed E-state index contributed by atoms with van der Waals surface area (Å²) in [5, 5.41) is 3.67. The number of aliphatic imine (C=N–C) groups is 1. The molecule has 1 N–H and O–H groups in total. The lowest BCUT2D eigenvalue weighted by Crippen LogP contribution is -2.48. The maximum atomic E-state index is 5.54. The predicted octanol–water partition coefficient (Wildman–Crippen LogP) is 3.23. The molecule has 0 saturated carbocycles. The Balaban J connectivity index is 1.88. The molecule has 2 fully saturated rings. The number of hydrogen-bond acceptors (Lipinski definition) is 3. The molecule has 2 heterocycles. The quantitative estimate of drug-likeness (QED) is 0.594. The first kappa shape index (κ1) is 18.9. The van der Waals surface area contributed by atoms with E-state index in [9.17, 15) is 0 Å². The Kier molecular flexibility index (Phi) is 7.54. The molecule has 5 heteroatoms. The summed E-state index contributed by atoms with van der Waals surface area (Å²) in [5.74, 6) is 2.80. The van der Waals surface area contributed by atoms with Crippen LogP contribution in [0.1, 0.15) is 46.0 Å². The van der Waals surface area contributed by atoms with Crippen molar-refractivity contribution < 1.29 is 4.74 Å². The maximum Gasteiger partial charge on any atom is 0.193 e. The summed E-state index contributed by atoms with van der Waals surface area (Å²) in [6, 6.07) is 0. The van der Waals surface area contributed by atoms with Crippen LogP contribution in [0, 0.1) is 11.8 Å². The van der Waals surface area contributed by atoms with Gasteiger partial charge in [-0.3, -0.25) is 4.99 Å². The molecular formula is C18H35N3OS. The predicted molar refractivity (Wildman–Crippen MR) is 101 cm³/mol. The van der Waals surface area contributed by atoms with Gasteiger partial charge in [-0.1, -0.05) is 26.7 Å². The van der Waals surface area contributed by atoms with E-state index in [0.717, 1.165) is 56.9 Å². The molecule has 0 aromatic heterocycles. The lowest BCUT2D eigenvalue weighted by atomic mass is 9.87. The van der Waals surface area contributed by atoms with Gasteiger partial charge in [0.1, 0.15) is 0 Å². The zero-order valence-corrected chi connectivity index (χ0v) is 16.3. The van der Waals surface area contributed by atoms with Gasteiger partial charge >= 0.3 is 0 Å². The van der Waals surface area contributed by atoms with Gasteiger partial charge in [-0.15, -0.1) is 0 Å². The van der Waals surface area contributed by atoms with Crippen molar-refractivity contribution in [2.24, 2.45) is 16.8 Å². The molecule has 2 aliphatic rings. The average Bonchev–Trinajstić information content (AvgIpc) is 3.07. The number of hydrogen-bond donors (Lipinski definition) is 1. The molecule has 0 aliphatic carbocycles. The van der Waals surface area contributed by atoms with Gasteiger partial charge in [-0.2, -0.15) is 11.8 Å². The Morgan fingerprint density at radius 1 is 1.35 bits per heavy atom. The van der Waals surface area contributed by atoms with Gasteiger partial charge in [-0.25, -0.2) is 0 Å². The highest BCUT2D eigenvalue weighted by Gasteiger charge is 2.34. The standard InChI is InChI=1S/C18H35N3OS/c1-5-15(6-2)16-7-10-21(13-16)17(19-3)20-14-18(23-4)8-11-22-12-9-18/h15-16H,5-14H2,1-4H3,(H,19,20). The fourth-order valence-corrected chi connectivity index (χ4v) is 4.88. The van der Waals surface area contributed by atoms with Crippen LogP contribution < -0.4 is 5.32 Å². The van der Waals surface area contributed by atoms with Gasteiger partial charge in [-0.05, 0) is 37.4 Å². The highest BCUT2D eigenvalue weighted by molar-refractivity contribution is 8.00. The molecule has 23 heavy (non-hydrogen) atoms. The molecule has 0 radical (unpaired) electrons. The lowest BCUT2D eigenvalue weighted by Gasteiger charge is -2.37. The Bertz CT molecular complexity index is 378. The van der Waals surface area contributed by atoms with Crippen LogP contribution >= 0.6 is 11.8 Å². The first-order valence-corrected chi connectivity index (χ1v) is 10.5. The van der Waals surface area contributed by atoms with Gasteiger partial charge in [0.2, 0.25) is 0 Å². The van der Waals surface area contributed by atoms with Gasteiger partial charge in [0.15, 0.2) is 5.96 Å². The Morgan fingerprint density at radius 2 is 2.04 bits per heavy atom. The molecule has 2 rings (SSSR count). The van der Waals surface area contributed by atoms with Crippen molar-refractivity contribution >= 4 is 17.7 Å². The van der Waals surface area contributed by atoms with Crippen molar-refractivity contribution in [3.8, 4) is 0 Å². The highest BCUT2D eigenvalue weighted by Crippen LogP contribution is 2.33. The Hall–Kier alpha value is -0.420. The molecule has 0 aromatic carbocycles. The summed E-state index contributed by atoms with van der Waals surface area (Å²) in [4.78, 5) is 7.02. The van der Waals surface area contributed by atoms with E-state index in [1.54, 1.807) is 0 Å². The zero-order chi connectivity index (χ0) is 16.7. The molecule has 2 aliphatic heterocycles. The van der Waals surface area contributed by atoms with Crippen LogP contribution in [0.25, 0.3) is 0 Å². The molecule has 1 atom stereocenters. The molecule has 0 bridgehead atoms. The van der Waals surface area contributed by atoms with E-state index in [1.807, 2.05) is 18.8 Å². The molecule has 1 unspecified atom stereocenters. The third-order valence-electron chi connectivity index (χ3n) is 5.86. The Morgan fingerprint density at radius 3 is 2.61 bits per heavy atom. The van der Waals surface area contributed by atoms with E-state index in [0.29, 0.717) is 4.75 Å². The number of ether oxygens (including phenoxy) is 1. The molecule has 4 nitrogen and oxygen atoms in total. The largest absolute Gasteiger partial charge is 0.381 e. The van der Waals surface area contributed by atoms with Gasteiger partial charge in [0, 0.05) is 44.6 Å². The van der Waals surface area contributed by atoms with E-state index in [2.05, 4.69) is 35.3 Å². The van der Waals surface area contributed by atoms with E-state index in [-0.39, 0.29) is 0 Å². The summed E-state index contributed by atoms with van der Waals surface area (Å²) in [6.45, 7) is 9.76. The van der Waals surface area contributed by atoms with Crippen LogP contribution in [0.5, 0.6) is 0 Å². The van der Waals surface area contributed by atoms with E-state index in [1.165, 1.54) is 25.8 Å². The van der Waals surface area contributed by atoms with Crippen LogP contribution in [0.4, 0.5) is 0 Å². The van der Waals surface area contributed by atoms with Crippen LogP contribution in [-0.4, -0.2) is 61.8 Å². The number of likely N-dealkylation sites (tertiary alicyclic amines) is 1. The third-order valence-corrected chi connectivity index (χ3v) is 7.28. The number of guanidine groups is 1. The van der Waals surface area contributed by atoms with Crippen molar-refractivity contribution in [3.05, 3.63) is 0 Å². The molecular weight excluding hydrogens is 306 g/mol. The van der Waals surface area contributed by atoms with E-state index >= 15 is 0 Å². The van der Waals surface area contributed by atoms with Crippen LogP contribution in [0.3, 0.4) is 0 Å². The van der Waals surface area contributed by atoms with E-state index < -0.39 is 0 Å². The molecule has 0 aromatic rings. The second kappa shape index (κ2) is 9.16. The summed E-state index contributed by atoms with van der Waals surface area (Å²) in [5.41, 5.74) is 0. The number of rotatable bonds is 6. The van der Waals surface area contributed by atoms with Crippen molar-refractivity contribution in [1.82, 2.24) is 10.2 Å². The normalized spacial score (nSPS) is 25.2. The van der Waals surface area contributed by atoms with Crippen LogP contribution in [0.2, 0.25) is 0 Å². The topological polar surface area (TPSA) is 36.9 Å². The minimum absolute atomic E-state index is 0.308. The van der Waals surface area contributed by atoms with Gasteiger partial charge in [0.05, 0.1) is 0 Å². The highest BCUT2D eigenvalue weighted by atomic mass is 32.2. The molecule has 0 spiro atoms. The van der Waals surface area contributed by atoms with Crippen LogP contribution in [-0.2, 0) is 4.74 Å². The first-order valence-electron chi connectivity index (χ1n) is 9.26. The van der Waals surface area contributed by atoms with Crippen LogP contribution in [0.15, 0.2) is 4.99 Å². The Labute approximate surface area is 146 Å². The number of nitrogens with zero attached hydrogens (tertiary/aromatic N) is 2. The lowest BCUT2D eigenvalue weighted by molar-refractivity contribution is 0.0781. The minimum Gasteiger partial charge on any atom is -0.381 e. The van der Waals surface area contributed by atoms with Gasteiger partial charge in [0.25, 0.3) is 0 Å². The summed E-state index contributed by atoms with van der Waals surface area (Å²) in [7, 11) is 1.92. The fraction of sp³-hybridized carbons (Fsp3) is 0.944. The smallest absolute Gasteiger partial charge is 0.193 e. The number of nitrogens with one attached hydrogen (secondary N) is 1. The number of thioether (sulfide) groups is 1. The van der Waals surface area contributed by atoms with Crippen molar-refractivity contribution in [2.45, 2.75) is 50.7 Å². The summed E-state index contributed by atoms with van der Waals surface area (Å²) < 4.78 is 5.85. The van der Waals surface area contributed by atoms with Gasteiger partial charge < -0.3 is 15.0 Å². The molecule has 134 valence electrons. The SMILES string of the molecule is CCC(CC)C1CCN(C(=NC)NCC2(SC)CCOCC2)C1. The van der Waals surface area contributed by atoms with Crippen molar-refractivity contribution in [2.75, 3.05) is 46.2 Å². The zero-order valence-electron chi connectivity index (χ0n) is 15.4. The second-order valence-electron chi connectivity index (χ2n) is 6.97. The maximum absolute atomic E-state index is 5.54. The molecule has 0 amide bonds. The first-order chi connectivity index (χ1) is 11.2. The summed E-state index contributed by atoms with van der Waals surface area (Å²) >= 11 is 1.98. The molecule has 2 saturated heterocycles. The summed E-state index contributed by atoms with van der Waals surface area (Å²) in [6.07, 6.45) is 8.42.